The number of likely N-dealkylation sites (N-methyl/N-ethyl adjacent to an activating group) is 1. The van der Waals surface area contributed by atoms with Crippen molar-refractivity contribution in [2.45, 2.75) is 13.2 Å². The van der Waals surface area contributed by atoms with Gasteiger partial charge < -0.3 is 10.1 Å². The Bertz CT molecular complexity index is 363. The molecule has 2 heterocycles. The second kappa shape index (κ2) is 3.86. The van der Waals surface area contributed by atoms with Gasteiger partial charge in [-0.05, 0) is 13.1 Å². The highest BCUT2D eigenvalue weighted by atomic mass is 16.5. The van der Waals surface area contributed by atoms with E-state index in [1.54, 1.807) is 13.2 Å². The molecule has 0 amide bonds. The number of pyridine rings is 1. The summed E-state index contributed by atoms with van der Waals surface area (Å²) in [4.78, 5) is 15.7. The highest BCUT2D eigenvalue weighted by molar-refractivity contribution is 5.97. The SMILES string of the molecule is CNCC(=O)c1cnc2c(c1)COC2. The highest BCUT2D eigenvalue weighted by Crippen LogP contribution is 2.18. The molecule has 0 atom stereocenters. The summed E-state index contributed by atoms with van der Waals surface area (Å²) in [5.74, 6) is 0.0645. The van der Waals surface area contributed by atoms with Crippen molar-refractivity contribution in [1.82, 2.24) is 10.3 Å². The number of nitrogens with one attached hydrogen (secondary N) is 1. The number of hydrogen-bond acceptors (Lipinski definition) is 4. The lowest BCUT2D eigenvalue weighted by Crippen LogP contribution is -2.18. The van der Waals surface area contributed by atoms with E-state index in [1.807, 2.05) is 6.07 Å². The largest absolute Gasteiger partial charge is 0.370 e. The van der Waals surface area contributed by atoms with Gasteiger partial charge in [-0.15, -0.1) is 0 Å². The Kier molecular flexibility index (Phi) is 2.56. The number of fused-ring (bicyclic) bond motifs is 1. The van der Waals surface area contributed by atoms with Crippen molar-refractivity contribution in [1.29, 1.82) is 0 Å². The van der Waals surface area contributed by atoms with E-state index < -0.39 is 0 Å². The van der Waals surface area contributed by atoms with E-state index in [4.69, 9.17) is 4.74 Å². The Morgan fingerprint density at radius 3 is 3.29 bits per heavy atom. The average molecular weight is 192 g/mol. The summed E-state index contributed by atoms with van der Waals surface area (Å²) in [5.41, 5.74) is 2.64. The van der Waals surface area contributed by atoms with Gasteiger partial charge in [0.25, 0.3) is 0 Å². The van der Waals surface area contributed by atoms with E-state index in [1.165, 1.54) is 0 Å². The average Bonchev–Trinajstić information content (AvgIpc) is 2.64. The van der Waals surface area contributed by atoms with Crippen LogP contribution in [0.3, 0.4) is 0 Å². The van der Waals surface area contributed by atoms with E-state index in [2.05, 4.69) is 10.3 Å². The predicted molar refractivity (Wildman–Crippen MR) is 51.0 cm³/mol. The fourth-order valence-electron chi connectivity index (χ4n) is 1.47. The van der Waals surface area contributed by atoms with Crippen molar-refractivity contribution >= 4 is 5.78 Å². The van der Waals surface area contributed by atoms with Crippen LogP contribution in [0.5, 0.6) is 0 Å². The van der Waals surface area contributed by atoms with Crippen molar-refractivity contribution in [2.75, 3.05) is 13.6 Å². The molecule has 4 nitrogen and oxygen atoms in total. The first-order valence-corrected chi connectivity index (χ1v) is 4.54. The molecule has 14 heavy (non-hydrogen) atoms. The Hall–Kier alpha value is -1.26. The molecule has 4 heteroatoms. The number of carbonyl (C=O) groups is 1. The first kappa shape index (κ1) is 9.30. The smallest absolute Gasteiger partial charge is 0.178 e. The van der Waals surface area contributed by atoms with Crippen LogP contribution >= 0.6 is 0 Å². The van der Waals surface area contributed by atoms with E-state index in [9.17, 15) is 4.79 Å². The van der Waals surface area contributed by atoms with Crippen LogP contribution in [0.15, 0.2) is 12.3 Å². The maximum atomic E-state index is 11.5. The van der Waals surface area contributed by atoms with Gasteiger partial charge in [0.15, 0.2) is 5.78 Å². The zero-order valence-electron chi connectivity index (χ0n) is 8.04. The molecule has 1 N–H and O–H groups in total. The highest BCUT2D eigenvalue weighted by Gasteiger charge is 2.15. The topological polar surface area (TPSA) is 51.2 Å². The van der Waals surface area contributed by atoms with Crippen LogP contribution in [0.2, 0.25) is 0 Å². The summed E-state index contributed by atoms with van der Waals surface area (Å²) in [6, 6.07) is 1.87. The fraction of sp³-hybridized carbons (Fsp3) is 0.400. The van der Waals surface area contributed by atoms with E-state index in [0.717, 1.165) is 11.3 Å². The number of carbonyl (C=O) groups excluding carboxylic acids is 1. The molecule has 0 fully saturated rings. The van der Waals surface area contributed by atoms with Crippen LogP contribution in [0.1, 0.15) is 21.6 Å². The van der Waals surface area contributed by atoms with Crippen LogP contribution in [-0.4, -0.2) is 24.4 Å². The first-order chi connectivity index (χ1) is 6.81. The summed E-state index contributed by atoms with van der Waals surface area (Å²) in [5, 5.41) is 2.83. The van der Waals surface area contributed by atoms with E-state index >= 15 is 0 Å². The van der Waals surface area contributed by atoms with Crippen molar-refractivity contribution in [3.8, 4) is 0 Å². The third kappa shape index (κ3) is 1.66. The van der Waals surface area contributed by atoms with Gasteiger partial charge in [-0.3, -0.25) is 9.78 Å². The lowest BCUT2D eigenvalue weighted by atomic mass is 10.1. The van der Waals surface area contributed by atoms with Gasteiger partial charge in [-0.1, -0.05) is 0 Å². The molecular weight excluding hydrogens is 180 g/mol. The maximum absolute atomic E-state index is 11.5. The quantitative estimate of drug-likeness (QED) is 0.709. The number of nitrogens with zero attached hydrogens (tertiary/aromatic N) is 1. The molecule has 1 aliphatic rings. The normalized spacial score (nSPS) is 14.1. The molecule has 1 aromatic heterocycles. The van der Waals surface area contributed by atoms with Gasteiger partial charge in [0.2, 0.25) is 0 Å². The zero-order valence-corrected chi connectivity index (χ0v) is 8.04. The standard InChI is InChI=1S/C10H12N2O2/c1-11-4-10(13)7-2-8-5-14-6-9(8)12-3-7/h2-3,11H,4-6H2,1H3. The number of aromatic nitrogens is 1. The molecular formula is C10H12N2O2. The van der Waals surface area contributed by atoms with Crippen LogP contribution in [0.4, 0.5) is 0 Å². The number of Topliss-reactive ketones (excluding diaryl/α,β-unsaturated/α-hetero) is 1. The zero-order chi connectivity index (χ0) is 9.97. The third-order valence-electron chi connectivity index (χ3n) is 2.22. The van der Waals surface area contributed by atoms with Gasteiger partial charge in [-0.2, -0.15) is 0 Å². The second-order valence-electron chi connectivity index (χ2n) is 3.28. The minimum atomic E-state index is 0.0645. The molecule has 74 valence electrons. The summed E-state index contributed by atoms with van der Waals surface area (Å²) >= 11 is 0. The van der Waals surface area contributed by atoms with Crippen LogP contribution in [0.25, 0.3) is 0 Å². The molecule has 0 radical (unpaired) electrons. The summed E-state index contributed by atoms with van der Waals surface area (Å²) in [6.45, 7) is 1.49. The van der Waals surface area contributed by atoms with Gasteiger partial charge in [0.1, 0.15) is 0 Å². The van der Waals surface area contributed by atoms with Gasteiger partial charge >= 0.3 is 0 Å². The summed E-state index contributed by atoms with van der Waals surface area (Å²) in [6.07, 6.45) is 1.62. The monoisotopic (exact) mass is 192 g/mol. The van der Waals surface area contributed by atoms with E-state index in [-0.39, 0.29) is 5.78 Å². The maximum Gasteiger partial charge on any atom is 0.178 e. The van der Waals surface area contributed by atoms with E-state index in [0.29, 0.717) is 25.3 Å². The lowest BCUT2D eigenvalue weighted by Gasteiger charge is -2.01. The Labute approximate surface area is 82.3 Å². The van der Waals surface area contributed by atoms with Gasteiger partial charge in [-0.25, -0.2) is 0 Å². The number of hydrogen-bond donors (Lipinski definition) is 1. The van der Waals surface area contributed by atoms with Crippen LogP contribution in [0, 0.1) is 0 Å². The summed E-state index contributed by atoms with van der Waals surface area (Å²) < 4.78 is 5.22. The van der Waals surface area contributed by atoms with Gasteiger partial charge in [0, 0.05) is 17.3 Å². The minimum absolute atomic E-state index is 0.0645. The molecule has 1 aliphatic heterocycles. The number of rotatable bonds is 3. The molecule has 0 bridgehead atoms. The van der Waals surface area contributed by atoms with Crippen molar-refractivity contribution < 1.29 is 9.53 Å². The van der Waals surface area contributed by atoms with Crippen LogP contribution < -0.4 is 5.32 Å². The minimum Gasteiger partial charge on any atom is -0.370 e. The number of ether oxygens (including phenoxy) is 1. The molecule has 0 unspecified atom stereocenters. The van der Waals surface area contributed by atoms with Crippen molar-refractivity contribution in [2.24, 2.45) is 0 Å². The third-order valence-corrected chi connectivity index (χ3v) is 2.22. The molecule has 0 saturated heterocycles. The van der Waals surface area contributed by atoms with Crippen molar-refractivity contribution in [3.05, 3.63) is 29.1 Å². The Balaban J connectivity index is 2.24. The van der Waals surface area contributed by atoms with Gasteiger partial charge in [0.05, 0.1) is 25.5 Å². The predicted octanol–water partition coefficient (Wildman–Crippen LogP) is 0.514. The molecule has 0 saturated carbocycles. The molecule has 2 rings (SSSR count). The summed E-state index contributed by atoms with van der Waals surface area (Å²) in [7, 11) is 1.75. The Morgan fingerprint density at radius 2 is 2.50 bits per heavy atom. The van der Waals surface area contributed by atoms with Crippen molar-refractivity contribution in [3.63, 3.8) is 0 Å². The second-order valence-corrected chi connectivity index (χ2v) is 3.28. The number of ketones is 1. The molecule has 1 aromatic rings. The molecule has 0 spiro atoms. The lowest BCUT2D eigenvalue weighted by molar-refractivity contribution is 0.0993. The van der Waals surface area contributed by atoms with Crippen LogP contribution in [-0.2, 0) is 18.0 Å². The Morgan fingerprint density at radius 1 is 1.64 bits per heavy atom. The first-order valence-electron chi connectivity index (χ1n) is 4.54. The fourth-order valence-corrected chi connectivity index (χ4v) is 1.47. The molecule has 0 aliphatic carbocycles. The molecule has 0 aromatic carbocycles.